The van der Waals surface area contributed by atoms with Crippen LogP contribution in [-0.4, -0.2) is 95.9 Å². The highest BCUT2D eigenvalue weighted by Gasteiger charge is 2.29. The Bertz CT molecular complexity index is 2360. The number of rotatable bonds is 77. The second kappa shape index (κ2) is 77.6. The molecule has 0 aromatic rings. The zero-order valence-electron chi connectivity index (χ0n) is 65.0. The minimum atomic E-state index is -4.93. The predicted octanol–water partition coefficient (Wildman–Crippen LogP) is 24.1. The molecular formula is C85H148O16P2. The van der Waals surface area contributed by atoms with Crippen LogP contribution in [0.15, 0.2) is 122 Å². The van der Waals surface area contributed by atoms with E-state index in [2.05, 4.69) is 142 Å². The van der Waals surface area contributed by atoms with E-state index in [1.54, 1.807) is 0 Å². The molecule has 0 bridgehead atoms. The van der Waals surface area contributed by atoms with Crippen molar-refractivity contribution < 1.29 is 75.8 Å². The third-order valence-electron chi connectivity index (χ3n) is 17.1. The molecule has 0 aromatic carbocycles. The van der Waals surface area contributed by atoms with Crippen molar-refractivity contribution >= 4 is 33.6 Å². The molecule has 0 saturated carbocycles. The number of allylic oxidation sites excluding steroid dienone is 20. The van der Waals surface area contributed by atoms with E-state index in [0.29, 0.717) is 19.3 Å². The van der Waals surface area contributed by atoms with Crippen LogP contribution in [-0.2, 0) is 55.8 Å². The number of hydrogen-bond donors (Lipinski definition) is 4. The largest absolute Gasteiger partial charge is 0.472 e. The molecule has 0 aliphatic carbocycles. The van der Waals surface area contributed by atoms with Gasteiger partial charge < -0.3 is 34.2 Å². The summed E-state index contributed by atoms with van der Waals surface area (Å²) >= 11 is 0. The SMILES string of the molecule is CC/C=C\C/C=C\C/C=C\C/C=C\C/C=C\CCCCCCCCCCCCCCCCCCCC(=O)OCC(O)COP(=O)(O)OCC(O)COP(=O)(O)OCC(COC(=O)CCCCCCC/C=C\C/C=C\C/C=C\C/C=C\CCCCC)OC(=O)CCCCCCC/C=C\CCCCCC. The van der Waals surface area contributed by atoms with Crippen molar-refractivity contribution in [1.82, 2.24) is 0 Å². The Balaban J connectivity index is 4.42. The van der Waals surface area contributed by atoms with Crippen LogP contribution >= 0.6 is 15.6 Å². The Hall–Kier alpha value is -4.05. The maximum Gasteiger partial charge on any atom is 0.472 e. The Morgan fingerprint density at radius 3 is 0.845 bits per heavy atom. The highest BCUT2D eigenvalue weighted by Crippen LogP contribution is 2.45. The fourth-order valence-corrected chi connectivity index (χ4v) is 12.5. The van der Waals surface area contributed by atoms with Gasteiger partial charge >= 0.3 is 33.6 Å². The molecule has 0 fully saturated rings. The molecule has 5 unspecified atom stereocenters. The lowest BCUT2D eigenvalue weighted by molar-refractivity contribution is -0.161. The van der Waals surface area contributed by atoms with E-state index >= 15 is 0 Å². The van der Waals surface area contributed by atoms with Crippen LogP contribution in [0.5, 0.6) is 0 Å². The number of aliphatic hydroxyl groups excluding tert-OH is 2. The molecule has 0 amide bonds. The van der Waals surface area contributed by atoms with Crippen LogP contribution in [0, 0.1) is 0 Å². The molecule has 0 rings (SSSR count). The van der Waals surface area contributed by atoms with E-state index in [4.69, 9.17) is 32.3 Å². The smallest absolute Gasteiger partial charge is 0.463 e. The van der Waals surface area contributed by atoms with Crippen molar-refractivity contribution in [1.29, 1.82) is 0 Å². The third kappa shape index (κ3) is 78.8. The number of ether oxygens (including phenoxy) is 3. The van der Waals surface area contributed by atoms with Gasteiger partial charge in [-0.15, -0.1) is 0 Å². The fraction of sp³-hybridized carbons (Fsp3) is 0.729. The summed E-state index contributed by atoms with van der Waals surface area (Å²) in [6.07, 6.45) is 92.6. The third-order valence-corrected chi connectivity index (χ3v) is 19.0. The predicted molar refractivity (Wildman–Crippen MR) is 427 cm³/mol. The van der Waals surface area contributed by atoms with E-state index in [1.807, 2.05) is 0 Å². The summed E-state index contributed by atoms with van der Waals surface area (Å²) in [7, 11) is -9.79. The minimum Gasteiger partial charge on any atom is -0.463 e. The summed E-state index contributed by atoms with van der Waals surface area (Å²) in [5.74, 6) is -1.60. The van der Waals surface area contributed by atoms with E-state index < -0.39 is 91.5 Å². The van der Waals surface area contributed by atoms with Crippen molar-refractivity contribution in [2.75, 3.05) is 39.6 Å². The lowest BCUT2D eigenvalue weighted by Crippen LogP contribution is -2.30. The van der Waals surface area contributed by atoms with Crippen LogP contribution < -0.4 is 0 Å². The highest BCUT2D eigenvalue weighted by molar-refractivity contribution is 7.47. The number of hydrogen-bond acceptors (Lipinski definition) is 14. The first-order chi connectivity index (χ1) is 50.2. The fourth-order valence-electron chi connectivity index (χ4n) is 10.9. The van der Waals surface area contributed by atoms with Crippen LogP contribution in [0.2, 0.25) is 0 Å². The van der Waals surface area contributed by atoms with Gasteiger partial charge in [-0.05, 0) is 135 Å². The molecule has 594 valence electrons. The normalized spacial score (nSPS) is 14.6. The summed E-state index contributed by atoms with van der Waals surface area (Å²) < 4.78 is 61.1. The Morgan fingerprint density at radius 2 is 0.515 bits per heavy atom. The Morgan fingerprint density at radius 1 is 0.282 bits per heavy atom. The van der Waals surface area contributed by atoms with Crippen LogP contribution in [0.1, 0.15) is 342 Å². The van der Waals surface area contributed by atoms with Gasteiger partial charge in [0.2, 0.25) is 0 Å². The molecule has 0 heterocycles. The number of esters is 3. The van der Waals surface area contributed by atoms with Gasteiger partial charge in [0.1, 0.15) is 25.4 Å². The topological polar surface area (TPSA) is 231 Å². The number of phosphoric acid groups is 2. The molecule has 18 heteroatoms. The summed E-state index contributed by atoms with van der Waals surface area (Å²) in [5, 5.41) is 20.6. The lowest BCUT2D eigenvalue weighted by Gasteiger charge is -2.21. The van der Waals surface area contributed by atoms with Gasteiger partial charge in [-0.3, -0.25) is 32.5 Å². The maximum atomic E-state index is 12.9. The van der Waals surface area contributed by atoms with Gasteiger partial charge in [0.15, 0.2) is 6.10 Å². The zero-order valence-corrected chi connectivity index (χ0v) is 66.7. The van der Waals surface area contributed by atoms with Crippen molar-refractivity contribution in [3.63, 3.8) is 0 Å². The average Bonchev–Trinajstić information content (AvgIpc) is 0.937. The monoisotopic (exact) mass is 1490 g/mol. The molecule has 0 aliphatic heterocycles. The molecule has 4 N–H and O–H groups in total. The van der Waals surface area contributed by atoms with E-state index in [-0.39, 0.29) is 19.3 Å². The summed E-state index contributed by atoms with van der Waals surface area (Å²) in [6, 6.07) is 0. The second-order valence-corrected chi connectivity index (χ2v) is 30.1. The molecule has 16 nitrogen and oxygen atoms in total. The van der Waals surface area contributed by atoms with Crippen LogP contribution in [0.25, 0.3) is 0 Å². The van der Waals surface area contributed by atoms with E-state index in [9.17, 15) is 43.5 Å². The first-order valence-electron chi connectivity index (χ1n) is 40.8. The number of phosphoric ester groups is 2. The number of carbonyl (C=O) groups is 3. The maximum absolute atomic E-state index is 12.9. The molecule has 0 saturated heterocycles. The lowest BCUT2D eigenvalue weighted by atomic mass is 10.0. The number of aliphatic hydroxyl groups is 2. The van der Waals surface area contributed by atoms with Crippen molar-refractivity contribution in [2.45, 2.75) is 360 Å². The highest BCUT2D eigenvalue weighted by atomic mass is 31.2. The van der Waals surface area contributed by atoms with Gasteiger partial charge in [-0.1, -0.05) is 309 Å². The number of carbonyl (C=O) groups excluding carboxylic acids is 3. The molecule has 103 heavy (non-hydrogen) atoms. The quantitative estimate of drug-likeness (QED) is 0.0146. The first-order valence-corrected chi connectivity index (χ1v) is 43.8. The number of unbranched alkanes of at least 4 members (excludes halogenated alkanes) is 34. The summed E-state index contributed by atoms with van der Waals surface area (Å²) in [5.41, 5.74) is 0. The standard InChI is InChI=1S/C85H148O16P2/c1-4-7-10-13-16-19-22-25-27-29-31-33-34-35-36-37-38-39-40-41-42-43-44-46-48-49-51-54-56-59-62-65-68-71-83(88)95-74-80(86)75-97-102(91,92)98-76-81(87)77-99-103(93,94)100-79-82(101-85(90)73-70-67-64-61-58-53-24-21-18-15-12-9-6-3)78-96-84(89)72-69-66-63-60-57-55-52-50-47-45-32-30-28-26-23-20-17-14-11-8-5-2/h7,10,16-17,19-21,24-28,31-33,35-36,45,50,52,80-82,86-87H,4-6,8-9,11-15,18,22-23,29-30,34,37-44,46-49,51,53-79H2,1-3H3,(H,91,92)(H,93,94)/b10-7-,19-16-,20-17-,24-21-,27-25-,28-26-,33-31-,36-35-,45-32-,52-50-. The van der Waals surface area contributed by atoms with Crippen molar-refractivity contribution in [3.05, 3.63) is 122 Å². The molecule has 5 atom stereocenters. The summed E-state index contributed by atoms with van der Waals surface area (Å²) in [6.45, 7) is 2.52. The molecule has 0 aromatic heterocycles. The van der Waals surface area contributed by atoms with Gasteiger partial charge in [0, 0.05) is 19.3 Å². The molecular weight excluding hydrogens is 1340 g/mol. The van der Waals surface area contributed by atoms with E-state index in [1.165, 1.54) is 141 Å². The molecule has 0 spiro atoms. The van der Waals surface area contributed by atoms with Crippen molar-refractivity contribution in [3.8, 4) is 0 Å². The van der Waals surface area contributed by atoms with Crippen molar-refractivity contribution in [2.24, 2.45) is 0 Å². The average molecular weight is 1490 g/mol. The molecule has 0 radical (unpaired) electrons. The summed E-state index contributed by atoms with van der Waals surface area (Å²) in [4.78, 5) is 58.6. The Labute approximate surface area is 627 Å². The van der Waals surface area contributed by atoms with Gasteiger partial charge in [-0.25, -0.2) is 9.13 Å². The Kier molecular flexibility index (Phi) is 74.5. The van der Waals surface area contributed by atoms with Gasteiger partial charge in [0.05, 0.1) is 26.4 Å². The van der Waals surface area contributed by atoms with Crippen LogP contribution in [0.3, 0.4) is 0 Å². The van der Waals surface area contributed by atoms with Gasteiger partial charge in [-0.2, -0.15) is 0 Å². The van der Waals surface area contributed by atoms with Crippen LogP contribution in [0.4, 0.5) is 0 Å². The molecule has 0 aliphatic rings. The minimum absolute atomic E-state index is 0.0895. The van der Waals surface area contributed by atoms with Gasteiger partial charge in [0.25, 0.3) is 0 Å². The van der Waals surface area contributed by atoms with E-state index in [0.717, 1.165) is 141 Å². The first kappa shape index (κ1) is 98.9. The second-order valence-electron chi connectivity index (χ2n) is 27.2. The zero-order chi connectivity index (χ0) is 75.2.